The van der Waals surface area contributed by atoms with Crippen LogP contribution in [0.3, 0.4) is 0 Å². The van der Waals surface area contributed by atoms with Gasteiger partial charge in [0, 0.05) is 5.56 Å². The Labute approximate surface area is 193 Å². The van der Waals surface area contributed by atoms with Gasteiger partial charge in [-0.25, -0.2) is 4.98 Å². The third-order valence-electron chi connectivity index (χ3n) is 4.80. The van der Waals surface area contributed by atoms with Crippen molar-refractivity contribution in [3.05, 3.63) is 92.3 Å². The SMILES string of the molecule is Cc1ccc2nc(/C(C#N)=C\c3ccc(OCc4ccccc4C#N)c(I)c3)[nH]c2c1. The topological polar surface area (TPSA) is 85.5 Å². The first kappa shape index (κ1) is 20.6. The molecule has 0 spiro atoms. The summed E-state index contributed by atoms with van der Waals surface area (Å²) >= 11 is 2.21. The molecule has 6 heteroatoms. The highest BCUT2D eigenvalue weighted by Crippen LogP contribution is 2.26. The minimum Gasteiger partial charge on any atom is -0.488 e. The third kappa shape index (κ3) is 4.60. The van der Waals surface area contributed by atoms with Gasteiger partial charge in [0.2, 0.25) is 0 Å². The summed E-state index contributed by atoms with van der Waals surface area (Å²) < 4.78 is 6.84. The number of nitriles is 2. The quantitative estimate of drug-likeness (QED) is 0.261. The molecule has 5 nitrogen and oxygen atoms in total. The number of fused-ring (bicyclic) bond motifs is 1. The Morgan fingerprint density at radius 3 is 2.74 bits per heavy atom. The summed E-state index contributed by atoms with van der Waals surface area (Å²) in [5, 5.41) is 18.9. The maximum Gasteiger partial charge on any atom is 0.149 e. The van der Waals surface area contributed by atoms with E-state index in [0.717, 1.165) is 37.0 Å². The van der Waals surface area contributed by atoms with Gasteiger partial charge < -0.3 is 9.72 Å². The van der Waals surface area contributed by atoms with E-state index in [9.17, 15) is 10.5 Å². The number of hydrogen-bond acceptors (Lipinski definition) is 4. The summed E-state index contributed by atoms with van der Waals surface area (Å²) in [6.45, 7) is 2.34. The molecule has 4 aromatic rings. The number of nitrogens with zero attached hydrogens (tertiary/aromatic N) is 3. The van der Waals surface area contributed by atoms with Gasteiger partial charge in [0.15, 0.2) is 0 Å². The average Bonchev–Trinajstić information content (AvgIpc) is 3.20. The lowest BCUT2D eigenvalue weighted by Crippen LogP contribution is -1.99. The molecule has 150 valence electrons. The molecule has 4 rings (SSSR count). The molecule has 1 aromatic heterocycles. The molecule has 0 saturated carbocycles. The number of aromatic amines is 1. The number of H-pyrrole nitrogens is 1. The second-order valence-electron chi connectivity index (χ2n) is 7.02. The predicted molar refractivity (Wildman–Crippen MR) is 129 cm³/mol. The van der Waals surface area contributed by atoms with Gasteiger partial charge in [0.25, 0.3) is 0 Å². The van der Waals surface area contributed by atoms with Crippen LogP contribution < -0.4 is 4.74 Å². The Morgan fingerprint density at radius 2 is 1.97 bits per heavy atom. The fraction of sp³-hybridized carbons (Fsp3) is 0.0800. The molecular formula is C25H17IN4O. The van der Waals surface area contributed by atoms with Crippen LogP contribution in [0.25, 0.3) is 22.7 Å². The normalized spacial score (nSPS) is 11.2. The lowest BCUT2D eigenvalue weighted by Gasteiger charge is -2.10. The summed E-state index contributed by atoms with van der Waals surface area (Å²) in [6.07, 6.45) is 1.81. The van der Waals surface area contributed by atoms with Crippen LogP contribution in [0.15, 0.2) is 60.7 Å². The van der Waals surface area contributed by atoms with E-state index in [1.54, 1.807) is 6.07 Å². The molecule has 0 saturated heterocycles. The molecule has 0 amide bonds. The number of hydrogen-bond donors (Lipinski definition) is 1. The van der Waals surface area contributed by atoms with Gasteiger partial charge in [-0.2, -0.15) is 10.5 Å². The van der Waals surface area contributed by atoms with E-state index in [1.807, 2.05) is 67.6 Å². The van der Waals surface area contributed by atoms with Crippen LogP contribution in [0.5, 0.6) is 5.75 Å². The lowest BCUT2D eigenvalue weighted by atomic mass is 10.1. The van der Waals surface area contributed by atoms with E-state index in [0.29, 0.717) is 23.6 Å². The Bertz CT molecular complexity index is 1390. The van der Waals surface area contributed by atoms with Crippen molar-refractivity contribution in [1.82, 2.24) is 9.97 Å². The minimum absolute atomic E-state index is 0.316. The zero-order chi connectivity index (χ0) is 21.8. The first-order valence-electron chi connectivity index (χ1n) is 9.56. The van der Waals surface area contributed by atoms with E-state index in [1.165, 1.54) is 0 Å². The van der Waals surface area contributed by atoms with Crippen LogP contribution in [0, 0.1) is 33.2 Å². The Kier molecular flexibility index (Phi) is 6.01. The molecule has 0 fully saturated rings. The number of ether oxygens (including phenoxy) is 1. The summed E-state index contributed by atoms with van der Waals surface area (Å²) in [4.78, 5) is 7.77. The summed E-state index contributed by atoms with van der Waals surface area (Å²) in [5.74, 6) is 1.27. The summed E-state index contributed by atoms with van der Waals surface area (Å²) in [6, 6.07) is 23.5. The number of aromatic nitrogens is 2. The van der Waals surface area contributed by atoms with Gasteiger partial charge in [0.1, 0.15) is 24.3 Å². The molecule has 0 aliphatic rings. The molecule has 1 heterocycles. The highest BCUT2D eigenvalue weighted by atomic mass is 127. The zero-order valence-corrected chi connectivity index (χ0v) is 18.8. The van der Waals surface area contributed by atoms with Gasteiger partial charge in [-0.05, 0) is 77.0 Å². The summed E-state index contributed by atoms with van der Waals surface area (Å²) in [5.41, 5.74) is 5.66. The fourth-order valence-corrected chi connectivity index (χ4v) is 3.90. The second kappa shape index (κ2) is 9.03. The molecule has 0 unspecified atom stereocenters. The third-order valence-corrected chi connectivity index (χ3v) is 5.64. The van der Waals surface area contributed by atoms with Crippen LogP contribution in [0.2, 0.25) is 0 Å². The number of imidazole rings is 1. The van der Waals surface area contributed by atoms with Gasteiger partial charge in [-0.3, -0.25) is 0 Å². The first-order valence-corrected chi connectivity index (χ1v) is 10.6. The number of aryl methyl sites for hydroxylation is 1. The van der Waals surface area contributed by atoms with E-state index in [-0.39, 0.29) is 0 Å². The Balaban J connectivity index is 1.56. The van der Waals surface area contributed by atoms with Crippen molar-refractivity contribution in [2.24, 2.45) is 0 Å². The van der Waals surface area contributed by atoms with Crippen molar-refractivity contribution in [2.75, 3.05) is 0 Å². The van der Waals surface area contributed by atoms with Crippen LogP contribution in [-0.2, 0) is 6.61 Å². The number of benzene rings is 3. The lowest BCUT2D eigenvalue weighted by molar-refractivity contribution is 0.303. The van der Waals surface area contributed by atoms with Crippen molar-refractivity contribution < 1.29 is 4.74 Å². The van der Waals surface area contributed by atoms with Crippen LogP contribution in [-0.4, -0.2) is 9.97 Å². The van der Waals surface area contributed by atoms with E-state index in [2.05, 4.69) is 44.7 Å². The van der Waals surface area contributed by atoms with Crippen LogP contribution in [0.1, 0.15) is 28.1 Å². The first-order chi connectivity index (χ1) is 15.1. The van der Waals surface area contributed by atoms with Gasteiger partial charge in [-0.1, -0.05) is 30.3 Å². The van der Waals surface area contributed by atoms with Gasteiger partial charge in [-0.15, -0.1) is 0 Å². The number of allylic oxidation sites excluding steroid dienone is 1. The molecule has 31 heavy (non-hydrogen) atoms. The highest BCUT2D eigenvalue weighted by molar-refractivity contribution is 14.1. The molecule has 0 atom stereocenters. The van der Waals surface area contributed by atoms with Crippen LogP contribution >= 0.6 is 22.6 Å². The molecule has 1 N–H and O–H groups in total. The predicted octanol–water partition coefficient (Wildman–Crippen LogP) is 5.99. The Morgan fingerprint density at radius 1 is 1.13 bits per heavy atom. The van der Waals surface area contributed by atoms with Crippen molar-refractivity contribution in [1.29, 1.82) is 10.5 Å². The van der Waals surface area contributed by atoms with Crippen LogP contribution in [0.4, 0.5) is 0 Å². The fourth-order valence-electron chi connectivity index (χ4n) is 3.21. The summed E-state index contributed by atoms with van der Waals surface area (Å²) in [7, 11) is 0. The maximum atomic E-state index is 9.67. The number of halogens is 1. The van der Waals surface area contributed by atoms with Crippen molar-refractivity contribution in [3.8, 4) is 17.9 Å². The van der Waals surface area contributed by atoms with Gasteiger partial charge in [0.05, 0.1) is 31.8 Å². The number of nitrogens with one attached hydrogen (secondary N) is 1. The molecule has 0 aliphatic carbocycles. The minimum atomic E-state index is 0.316. The van der Waals surface area contributed by atoms with E-state index >= 15 is 0 Å². The van der Waals surface area contributed by atoms with E-state index < -0.39 is 0 Å². The molecular weight excluding hydrogens is 499 g/mol. The largest absolute Gasteiger partial charge is 0.488 e. The van der Waals surface area contributed by atoms with Crippen molar-refractivity contribution >= 4 is 45.3 Å². The average molecular weight is 516 g/mol. The highest BCUT2D eigenvalue weighted by Gasteiger charge is 2.10. The smallest absolute Gasteiger partial charge is 0.149 e. The second-order valence-corrected chi connectivity index (χ2v) is 8.19. The van der Waals surface area contributed by atoms with Crippen molar-refractivity contribution in [2.45, 2.75) is 13.5 Å². The number of rotatable bonds is 5. The maximum absolute atomic E-state index is 9.67. The van der Waals surface area contributed by atoms with Crippen molar-refractivity contribution in [3.63, 3.8) is 0 Å². The monoisotopic (exact) mass is 516 g/mol. The molecule has 0 bridgehead atoms. The molecule has 0 aliphatic heterocycles. The standard InChI is InChI=1S/C25H17IN4O/c1-16-6-8-22-23(10-16)30-25(29-22)20(14-28)11-17-7-9-24(21(26)12-17)31-15-19-5-3-2-4-18(19)13-27/h2-12H,15H2,1H3,(H,29,30)/b20-11-. The zero-order valence-electron chi connectivity index (χ0n) is 16.7. The molecule has 3 aromatic carbocycles. The Hall–Kier alpha value is -3.62. The molecule has 0 radical (unpaired) electrons. The van der Waals surface area contributed by atoms with Gasteiger partial charge >= 0.3 is 0 Å². The van der Waals surface area contributed by atoms with E-state index in [4.69, 9.17) is 4.74 Å².